The zero-order chi connectivity index (χ0) is 12.8. The third kappa shape index (κ3) is 2.30. The molecule has 5 heteroatoms. The van der Waals surface area contributed by atoms with Gasteiger partial charge in [0.1, 0.15) is 6.10 Å². The highest BCUT2D eigenvalue weighted by atomic mass is 32.2. The summed E-state index contributed by atoms with van der Waals surface area (Å²) in [6.07, 6.45) is 3.34. The summed E-state index contributed by atoms with van der Waals surface area (Å²) in [6, 6.07) is 6.85. The molecule has 0 amide bonds. The molecular formula is C13H17NO3S. The number of sulfonamides is 1. The number of fused-ring (bicyclic) bond motifs is 1. The molecule has 0 aromatic heterocycles. The van der Waals surface area contributed by atoms with Crippen molar-refractivity contribution in [1.29, 1.82) is 0 Å². The lowest BCUT2D eigenvalue weighted by molar-refractivity contribution is 0.351. The zero-order valence-corrected chi connectivity index (χ0v) is 11.1. The van der Waals surface area contributed by atoms with Gasteiger partial charge in [-0.1, -0.05) is 17.7 Å². The lowest BCUT2D eigenvalue weighted by atomic mass is 9.96. The van der Waals surface area contributed by atoms with Crippen molar-refractivity contribution in [2.75, 3.05) is 0 Å². The monoisotopic (exact) mass is 267 g/mol. The van der Waals surface area contributed by atoms with Gasteiger partial charge in [0.2, 0.25) is 10.0 Å². The lowest BCUT2D eigenvalue weighted by Gasteiger charge is -2.19. The van der Waals surface area contributed by atoms with Crippen LogP contribution in [0.4, 0.5) is 0 Å². The van der Waals surface area contributed by atoms with Gasteiger partial charge in [0.25, 0.3) is 0 Å². The van der Waals surface area contributed by atoms with Crippen LogP contribution in [0, 0.1) is 6.92 Å². The van der Waals surface area contributed by atoms with Crippen molar-refractivity contribution in [3.05, 3.63) is 29.8 Å². The Kier molecular flexibility index (Phi) is 2.92. The summed E-state index contributed by atoms with van der Waals surface area (Å²) in [5.41, 5.74) is 1.05. The number of benzene rings is 1. The summed E-state index contributed by atoms with van der Waals surface area (Å²) in [5.74, 6) is 0. The number of ether oxygens (including phenoxy) is 1. The van der Waals surface area contributed by atoms with Crippen molar-refractivity contribution in [1.82, 2.24) is 4.72 Å². The van der Waals surface area contributed by atoms with Crippen LogP contribution in [0.25, 0.3) is 0 Å². The van der Waals surface area contributed by atoms with E-state index in [0.29, 0.717) is 4.90 Å². The van der Waals surface area contributed by atoms with Crippen molar-refractivity contribution in [2.45, 2.75) is 49.3 Å². The minimum Gasteiger partial charge on any atom is -0.368 e. The second kappa shape index (κ2) is 4.33. The predicted molar refractivity (Wildman–Crippen MR) is 67.8 cm³/mol. The second-order valence-electron chi connectivity index (χ2n) is 5.11. The minimum absolute atomic E-state index is 0.0601. The normalized spacial score (nSPS) is 30.8. The Morgan fingerprint density at radius 1 is 1.22 bits per heavy atom. The number of hydrogen-bond acceptors (Lipinski definition) is 3. The summed E-state index contributed by atoms with van der Waals surface area (Å²) in [6.45, 7) is 1.94. The van der Waals surface area contributed by atoms with Crippen molar-refractivity contribution in [2.24, 2.45) is 0 Å². The smallest absolute Gasteiger partial charge is 0.240 e. The molecule has 1 saturated heterocycles. The van der Waals surface area contributed by atoms with E-state index < -0.39 is 10.0 Å². The number of hydrogen-bond donors (Lipinski definition) is 1. The van der Waals surface area contributed by atoms with Gasteiger partial charge in [0, 0.05) is 0 Å². The fourth-order valence-electron chi connectivity index (χ4n) is 2.56. The Balaban J connectivity index is 1.76. The molecule has 0 spiro atoms. The highest BCUT2D eigenvalue weighted by Gasteiger charge is 2.48. The maximum absolute atomic E-state index is 12.2. The summed E-state index contributed by atoms with van der Waals surface area (Å²) in [7, 11) is -3.41. The molecule has 0 radical (unpaired) electrons. The van der Waals surface area contributed by atoms with Gasteiger partial charge in [-0.15, -0.1) is 0 Å². The average Bonchev–Trinajstić information content (AvgIpc) is 3.09. The molecule has 1 aliphatic heterocycles. The summed E-state index contributed by atoms with van der Waals surface area (Å²) in [5, 5.41) is 0. The molecule has 1 N–H and O–H groups in total. The predicted octanol–water partition coefficient (Wildman–Crippen LogP) is 1.59. The molecular weight excluding hydrogens is 250 g/mol. The lowest BCUT2D eigenvalue weighted by Crippen LogP contribution is -2.41. The molecule has 1 aromatic rings. The maximum Gasteiger partial charge on any atom is 0.240 e. The number of aryl methyl sites for hydroxylation is 1. The average molecular weight is 267 g/mol. The summed E-state index contributed by atoms with van der Waals surface area (Å²) < 4.78 is 32.7. The number of epoxide rings is 1. The van der Waals surface area contributed by atoms with Crippen molar-refractivity contribution < 1.29 is 13.2 Å². The summed E-state index contributed by atoms with van der Waals surface area (Å²) in [4.78, 5) is 0.330. The highest BCUT2D eigenvalue weighted by Crippen LogP contribution is 2.37. The van der Waals surface area contributed by atoms with E-state index in [9.17, 15) is 8.42 Å². The highest BCUT2D eigenvalue weighted by molar-refractivity contribution is 7.89. The molecule has 98 valence electrons. The van der Waals surface area contributed by atoms with Crippen molar-refractivity contribution in [3.63, 3.8) is 0 Å². The van der Waals surface area contributed by atoms with Crippen LogP contribution in [0.1, 0.15) is 24.8 Å². The first kappa shape index (κ1) is 12.1. The molecule has 1 saturated carbocycles. The number of rotatable bonds is 3. The van der Waals surface area contributed by atoms with Crippen LogP contribution >= 0.6 is 0 Å². The SMILES string of the molecule is Cc1ccc(S(=O)(=O)N[C@@H]2CCC[C@@H]3O[C@@H]32)cc1. The van der Waals surface area contributed by atoms with Crippen LogP contribution in [-0.2, 0) is 14.8 Å². The van der Waals surface area contributed by atoms with Gasteiger partial charge in [0.15, 0.2) is 0 Å². The van der Waals surface area contributed by atoms with E-state index in [4.69, 9.17) is 4.74 Å². The Morgan fingerprint density at radius 2 is 1.94 bits per heavy atom. The summed E-state index contributed by atoms with van der Waals surface area (Å²) >= 11 is 0. The molecule has 3 rings (SSSR count). The van der Waals surface area contributed by atoms with Crippen molar-refractivity contribution in [3.8, 4) is 0 Å². The first-order valence-corrected chi connectivity index (χ1v) is 7.79. The van der Waals surface area contributed by atoms with Crippen LogP contribution in [-0.4, -0.2) is 26.7 Å². The number of nitrogens with one attached hydrogen (secondary N) is 1. The molecule has 2 aliphatic rings. The maximum atomic E-state index is 12.2. The Bertz CT molecular complexity index is 538. The Morgan fingerprint density at radius 3 is 2.67 bits per heavy atom. The van der Waals surface area contributed by atoms with Crippen molar-refractivity contribution >= 4 is 10.0 Å². The molecule has 3 atom stereocenters. The van der Waals surface area contributed by atoms with Gasteiger partial charge in [-0.3, -0.25) is 0 Å². The van der Waals surface area contributed by atoms with Gasteiger partial charge in [-0.05, 0) is 38.3 Å². The fraction of sp³-hybridized carbons (Fsp3) is 0.538. The van der Waals surface area contributed by atoms with Crippen LogP contribution in [0.2, 0.25) is 0 Å². The van der Waals surface area contributed by atoms with E-state index in [1.807, 2.05) is 19.1 Å². The van der Waals surface area contributed by atoms with E-state index in [1.54, 1.807) is 12.1 Å². The largest absolute Gasteiger partial charge is 0.368 e. The van der Waals surface area contributed by atoms with Crippen LogP contribution in [0.15, 0.2) is 29.2 Å². The molecule has 1 heterocycles. The van der Waals surface area contributed by atoms with Crippen LogP contribution in [0.3, 0.4) is 0 Å². The van der Waals surface area contributed by atoms with E-state index in [-0.39, 0.29) is 18.2 Å². The standard InChI is InChI=1S/C13H17NO3S/c1-9-5-7-10(8-6-9)18(15,16)14-11-3-2-4-12-13(11)17-12/h5-8,11-14H,2-4H2,1H3/t11-,12+,13-/m1/s1. The minimum atomic E-state index is -3.41. The molecule has 1 aliphatic carbocycles. The molecule has 18 heavy (non-hydrogen) atoms. The fourth-order valence-corrected chi connectivity index (χ4v) is 3.84. The first-order chi connectivity index (χ1) is 8.56. The third-order valence-corrected chi connectivity index (χ3v) is 5.17. The van der Waals surface area contributed by atoms with Gasteiger partial charge < -0.3 is 4.74 Å². The molecule has 0 bridgehead atoms. The molecule has 0 unspecified atom stereocenters. The van der Waals surface area contributed by atoms with Gasteiger partial charge in [0.05, 0.1) is 17.0 Å². The van der Waals surface area contributed by atoms with Gasteiger partial charge in [-0.25, -0.2) is 13.1 Å². The Labute approximate surface area is 107 Å². The quantitative estimate of drug-likeness (QED) is 0.846. The third-order valence-electron chi connectivity index (χ3n) is 3.66. The molecule has 2 fully saturated rings. The van der Waals surface area contributed by atoms with Crippen LogP contribution in [0.5, 0.6) is 0 Å². The Hall–Kier alpha value is -0.910. The zero-order valence-electron chi connectivity index (χ0n) is 10.3. The topological polar surface area (TPSA) is 58.7 Å². The van der Waals surface area contributed by atoms with E-state index >= 15 is 0 Å². The molecule has 4 nitrogen and oxygen atoms in total. The van der Waals surface area contributed by atoms with E-state index in [2.05, 4.69) is 4.72 Å². The van der Waals surface area contributed by atoms with Gasteiger partial charge in [-0.2, -0.15) is 0 Å². The molecule has 1 aromatic carbocycles. The second-order valence-corrected chi connectivity index (χ2v) is 6.82. The van der Waals surface area contributed by atoms with E-state index in [0.717, 1.165) is 24.8 Å². The first-order valence-electron chi connectivity index (χ1n) is 6.31. The van der Waals surface area contributed by atoms with Crippen LogP contribution < -0.4 is 4.72 Å². The van der Waals surface area contributed by atoms with Gasteiger partial charge >= 0.3 is 0 Å². The van der Waals surface area contributed by atoms with E-state index in [1.165, 1.54) is 0 Å².